The van der Waals surface area contributed by atoms with Gasteiger partial charge in [-0.1, -0.05) is 29.3 Å². The summed E-state index contributed by atoms with van der Waals surface area (Å²) in [6.07, 6.45) is 0. The summed E-state index contributed by atoms with van der Waals surface area (Å²) >= 11 is 12.1. The number of hydrogen-bond acceptors (Lipinski definition) is 4. The van der Waals surface area contributed by atoms with Crippen LogP contribution in [0.3, 0.4) is 0 Å². The fourth-order valence-electron chi connectivity index (χ4n) is 2.83. The summed E-state index contributed by atoms with van der Waals surface area (Å²) in [4.78, 5) is 14.1. The summed E-state index contributed by atoms with van der Waals surface area (Å²) in [5.74, 6) is 0.438. The minimum Gasteiger partial charge on any atom is -0.494 e. The van der Waals surface area contributed by atoms with E-state index in [1.54, 1.807) is 41.2 Å². The lowest BCUT2D eigenvalue weighted by Crippen LogP contribution is -2.12. The number of hydrogen-bond donors (Lipinski definition) is 1. The number of rotatable bonds is 5. The number of carbonyl (C=O) groups is 1. The molecule has 1 heterocycles. The number of anilines is 1. The minimum absolute atomic E-state index is 0.217. The molecule has 0 atom stereocenters. The Morgan fingerprint density at radius 2 is 1.79 bits per heavy atom. The van der Waals surface area contributed by atoms with Crippen molar-refractivity contribution in [1.29, 1.82) is 0 Å². The quantitative estimate of drug-likeness (QED) is 0.465. The number of nitrogens with one attached hydrogen (secondary N) is 1. The molecule has 4 aromatic rings. The molecular weight excluding hydrogens is 411 g/mol. The SMILES string of the molecule is CCOc1ccc(-n2nc3ccc(NC(=O)c4cccc(Cl)c4Cl)cc3n2)cc1. The minimum atomic E-state index is -0.351. The molecule has 1 amide bonds. The van der Waals surface area contributed by atoms with Crippen molar-refractivity contribution in [2.24, 2.45) is 0 Å². The van der Waals surface area contributed by atoms with Crippen LogP contribution < -0.4 is 10.1 Å². The Morgan fingerprint density at radius 3 is 2.55 bits per heavy atom. The first kappa shape index (κ1) is 19.2. The molecule has 0 saturated heterocycles. The number of carbonyl (C=O) groups excluding carboxylic acids is 1. The maximum absolute atomic E-state index is 12.5. The van der Waals surface area contributed by atoms with Crippen molar-refractivity contribution in [3.63, 3.8) is 0 Å². The maximum atomic E-state index is 12.5. The number of ether oxygens (including phenoxy) is 1. The number of halogens is 2. The van der Waals surface area contributed by atoms with Crippen molar-refractivity contribution in [3.05, 3.63) is 76.3 Å². The molecule has 1 aromatic heterocycles. The third-order valence-corrected chi connectivity index (χ3v) is 5.03. The van der Waals surface area contributed by atoms with Crippen molar-refractivity contribution in [2.45, 2.75) is 6.92 Å². The number of nitrogens with zero attached hydrogens (tertiary/aromatic N) is 3. The van der Waals surface area contributed by atoms with Crippen LogP contribution in [0.25, 0.3) is 16.7 Å². The Kier molecular flexibility index (Phi) is 5.38. The normalized spacial score (nSPS) is 10.9. The van der Waals surface area contributed by atoms with Gasteiger partial charge in [0.1, 0.15) is 16.8 Å². The van der Waals surface area contributed by atoms with Gasteiger partial charge in [-0.25, -0.2) is 0 Å². The van der Waals surface area contributed by atoms with Crippen molar-refractivity contribution in [3.8, 4) is 11.4 Å². The monoisotopic (exact) mass is 426 g/mol. The van der Waals surface area contributed by atoms with Gasteiger partial charge in [0.05, 0.1) is 27.9 Å². The molecule has 8 heteroatoms. The van der Waals surface area contributed by atoms with Crippen molar-refractivity contribution in [1.82, 2.24) is 15.0 Å². The zero-order valence-corrected chi connectivity index (χ0v) is 16.9. The summed E-state index contributed by atoms with van der Waals surface area (Å²) in [6, 6.07) is 17.7. The largest absolute Gasteiger partial charge is 0.494 e. The second kappa shape index (κ2) is 8.11. The van der Waals surface area contributed by atoms with Gasteiger partial charge in [-0.2, -0.15) is 4.80 Å². The van der Waals surface area contributed by atoms with Gasteiger partial charge < -0.3 is 10.1 Å². The third kappa shape index (κ3) is 4.04. The lowest BCUT2D eigenvalue weighted by Gasteiger charge is -2.07. The van der Waals surface area contributed by atoms with Crippen molar-refractivity contribution < 1.29 is 9.53 Å². The first-order chi connectivity index (χ1) is 14.0. The smallest absolute Gasteiger partial charge is 0.257 e. The first-order valence-corrected chi connectivity index (χ1v) is 9.66. The summed E-state index contributed by atoms with van der Waals surface area (Å²) in [5, 5.41) is 12.3. The van der Waals surface area contributed by atoms with E-state index in [9.17, 15) is 4.79 Å². The predicted molar refractivity (Wildman–Crippen MR) is 114 cm³/mol. The van der Waals surface area contributed by atoms with E-state index in [0.717, 1.165) is 11.4 Å². The van der Waals surface area contributed by atoms with E-state index in [1.165, 1.54) is 0 Å². The van der Waals surface area contributed by atoms with Crippen LogP contribution in [0.5, 0.6) is 5.75 Å². The lowest BCUT2D eigenvalue weighted by molar-refractivity contribution is 0.102. The highest BCUT2D eigenvalue weighted by Crippen LogP contribution is 2.26. The molecule has 146 valence electrons. The van der Waals surface area contributed by atoms with Crippen LogP contribution >= 0.6 is 23.2 Å². The molecule has 0 unspecified atom stereocenters. The highest BCUT2D eigenvalue weighted by molar-refractivity contribution is 6.44. The standard InChI is InChI=1S/C21H16Cl2N4O2/c1-2-29-15-9-7-14(8-10-15)27-25-18-11-6-13(12-19(18)26-27)24-21(28)16-4-3-5-17(22)20(16)23/h3-12H,2H2,1H3,(H,24,28). The first-order valence-electron chi connectivity index (χ1n) is 8.91. The van der Waals surface area contributed by atoms with Gasteiger partial charge in [0.15, 0.2) is 0 Å². The second-order valence-electron chi connectivity index (χ2n) is 6.18. The molecule has 29 heavy (non-hydrogen) atoms. The molecule has 4 rings (SSSR count). The van der Waals surface area contributed by atoms with Gasteiger partial charge >= 0.3 is 0 Å². The van der Waals surface area contributed by atoms with Crippen LogP contribution in [0.2, 0.25) is 10.0 Å². The van der Waals surface area contributed by atoms with E-state index in [-0.39, 0.29) is 10.9 Å². The van der Waals surface area contributed by atoms with Crippen molar-refractivity contribution in [2.75, 3.05) is 11.9 Å². The van der Waals surface area contributed by atoms with Gasteiger partial charge in [0, 0.05) is 5.69 Å². The lowest BCUT2D eigenvalue weighted by atomic mass is 10.2. The van der Waals surface area contributed by atoms with Gasteiger partial charge in [0.25, 0.3) is 5.91 Å². The summed E-state index contributed by atoms with van der Waals surface area (Å²) in [7, 11) is 0. The molecule has 0 saturated carbocycles. The van der Waals surface area contributed by atoms with Gasteiger partial charge in [-0.15, -0.1) is 10.2 Å². The summed E-state index contributed by atoms with van der Waals surface area (Å²) in [5.41, 5.74) is 3.04. The molecule has 3 aromatic carbocycles. The van der Waals surface area contributed by atoms with Gasteiger partial charge in [-0.3, -0.25) is 4.79 Å². The Labute approximate surface area is 177 Å². The van der Waals surface area contributed by atoms with E-state index in [2.05, 4.69) is 15.5 Å². The van der Waals surface area contributed by atoms with Crippen LogP contribution in [0.4, 0.5) is 5.69 Å². The molecular formula is C21H16Cl2N4O2. The Morgan fingerprint density at radius 1 is 1.03 bits per heavy atom. The average Bonchev–Trinajstić information content (AvgIpc) is 3.14. The van der Waals surface area contributed by atoms with E-state index in [0.29, 0.717) is 33.9 Å². The Bertz CT molecular complexity index is 1190. The number of benzene rings is 3. The zero-order valence-electron chi connectivity index (χ0n) is 15.4. The Balaban J connectivity index is 1.58. The molecule has 0 aliphatic carbocycles. The fourth-order valence-corrected chi connectivity index (χ4v) is 3.21. The van der Waals surface area contributed by atoms with E-state index in [1.807, 2.05) is 31.2 Å². The van der Waals surface area contributed by atoms with E-state index >= 15 is 0 Å². The van der Waals surface area contributed by atoms with E-state index in [4.69, 9.17) is 27.9 Å². The number of fused-ring (bicyclic) bond motifs is 1. The van der Waals surface area contributed by atoms with Gasteiger partial charge in [0.2, 0.25) is 0 Å². The molecule has 1 N–H and O–H groups in total. The van der Waals surface area contributed by atoms with Crippen LogP contribution in [0.1, 0.15) is 17.3 Å². The number of amides is 1. The topological polar surface area (TPSA) is 69.0 Å². The van der Waals surface area contributed by atoms with Gasteiger partial charge in [-0.05, 0) is 61.5 Å². The second-order valence-corrected chi connectivity index (χ2v) is 6.96. The van der Waals surface area contributed by atoms with E-state index < -0.39 is 0 Å². The molecule has 0 aliphatic rings. The molecule has 0 bridgehead atoms. The van der Waals surface area contributed by atoms with Crippen molar-refractivity contribution >= 4 is 45.8 Å². The number of aromatic nitrogens is 3. The van der Waals surface area contributed by atoms with Crippen LogP contribution in [0, 0.1) is 0 Å². The highest BCUT2D eigenvalue weighted by Gasteiger charge is 2.14. The maximum Gasteiger partial charge on any atom is 0.257 e. The summed E-state index contributed by atoms with van der Waals surface area (Å²) in [6.45, 7) is 2.55. The van der Waals surface area contributed by atoms with Crippen LogP contribution in [0.15, 0.2) is 60.7 Å². The average molecular weight is 427 g/mol. The van der Waals surface area contributed by atoms with Crippen LogP contribution in [-0.4, -0.2) is 27.5 Å². The third-order valence-electron chi connectivity index (χ3n) is 4.21. The molecule has 6 nitrogen and oxygen atoms in total. The van der Waals surface area contributed by atoms with Crippen LogP contribution in [-0.2, 0) is 0 Å². The highest BCUT2D eigenvalue weighted by atomic mass is 35.5. The zero-order chi connectivity index (χ0) is 20.4. The molecule has 0 spiro atoms. The molecule has 0 fully saturated rings. The molecule has 0 aliphatic heterocycles. The summed E-state index contributed by atoms with van der Waals surface area (Å²) < 4.78 is 5.45. The molecule has 0 radical (unpaired) electrons. The fraction of sp³-hybridized carbons (Fsp3) is 0.0952. The Hall–Kier alpha value is -3.09. The predicted octanol–water partition coefficient (Wildman–Crippen LogP) is 5.38.